The summed E-state index contributed by atoms with van der Waals surface area (Å²) < 4.78 is 5.05. The Kier molecular flexibility index (Phi) is 8.11. The molecule has 0 unspecified atom stereocenters. The summed E-state index contributed by atoms with van der Waals surface area (Å²) in [7, 11) is 1.60. The van der Waals surface area contributed by atoms with Crippen LogP contribution in [0, 0.1) is 19.8 Å². The molecule has 7 heteroatoms. The van der Waals surface area contributed by atoms with E-state index in [0.717, 1.165) is 48.4 Å². The van der Waals surface area contributed by atoms with Crippen molar-refractivity contribution in [2.24, 2.45) is 5.92 Å². The van der Waals surface area contributed by atoms with E-state index in [4.69, 9.17) is 4.74 Å². The van der Waals surface area contributed by atoms with Crippen molar-refractivity contribution >= 4 is 29.0 Å². The number of hydrogen-bond acceptors (Lipinski definition) is 4. The summed E-state index contributed by atoms with van der Waals surface area (Å²) in [6.45, 7) is 8.88. The van der Waals surface area contributed by atoms with Gasteiger partial charge in [0.15, 0.2) is 0 Å². The monoisotopic (exact) mass is 438 g/mol. The highest BCUT2D eigenvalue weighted by atomic mass is 16.5. The van der Waals surface area contributed by atoms with Crippen LogP contribution in [0.4, 0.5) is 21.9 Å². The first-order valence-corrected chi connectivity index (χ1v) is 11.2. The van der Waals surface area contributed by atoms with Crippen molar-refractivity contribution in [2.75, 3.05) is 48.9 Å². The topological polar surface area (TPSA) is 82.7 Å². The minimum atomic E-state index is -0.340. The van der Waals surface area contributed by atoms with Crippen molar-refractivity contribution in [3.63, 3.8) is 0 Å². The Balaban J connectivity index is 1.79. The highest BCUT2D eigenvalue weighted by molar-refractivity contribution is 6.04. The quantitative estimate of drug-likeness (QED) is 0.554. The summed E-state index contributed by atoms with van der Waals surface area (Å²) in [5.41, 5.74) is 4.80. The zero-order chi connectivity index (χ0) is 23.1. The van der Waals surface area contributed by atoms with E-state index >= 15 is 0 Å². The number of amides is 3. The van der Waals surface area contributed by atoms with Gasteiger partial charge in [0, 0.05) is 43.8 Å². The van der Waals surface area contributed by atoms with E-state index in [-0.39, 0.29) is 11.9 Å². The van der Waals surface area contributed by atoms with Crippen molar-refractivity contribution in [1.82, 2.24) is 5.32 Å². The Morgan fingerprint density at radius 3 is 2.41 bits per heavy atom. The second-order valence-electron chi connectivity index (χ2n) is 8.50. The number of aryl methyl sites for hydroxylation is 2. The summed E-state index contributed by atoms with van der Waals surface area (Å²) in [6, 6.07) is 11.1. The van der Waals surface area contributed by atoms with Gasteiger partial charge in [-0.25, -0.2) is 4.79 Å². The van der Waals surface area contributed by atoms with Gasteiger partial charge in [-0.2, -0.15) is 0 Å². The number of carbonyl (C=O) groups excluding carboxylic acids is 2. The molecular weight excluding hydrogens is 404 g/mol. The molecule has 0 saturated carbocycles. The average Bonchev–Trinajstić information content (AvgIpc) is 2.77. The standard InChI is InChI=1S/C25H34N4O3/c1-17-10-13-29(14-11-17)22-9-8-20(16-21(22)24(30)26-12-15-32-4)27-25(31)28-23-18(2)6-5-7-19(23)3/h5-9,16-17H,10-15H2,1-4H3,(H,26,30)(H2,27,28,31). The van der Waals surface area contributed by atoms with Gasteiger partial charge in [-0.15, -0.1) is 0 Å². The van der Waals surface area contributed by atoms with Crippen molar-refractivity contribution in [2.45, 2.75) is 33.6 Å². The number of nitrogens with one attached hydrogen (secondary N) is 3. The number of methoxy groups -OCH3 is 1. The van der Waals surface area contributed by atoms with Gasteiger partial charge in [0.2, 0.25) is 0 Å². The van der Waals surface area contributed by atoms with Gasteiger partial charge >= 0.3 is 6.03 Å². The van der Waals surface area contributed by atoms with E-state index in [0.29, 0.717) is 30.3 Å². The maximum atomic E-state index is 12.9. The summed E-state index contributed by atoms with van der Waals surface area (Å²) in [6.07, 6.45) is 2.20. The van der Waals surface area contributed by atoms with E-state index in [1.54, 1.807) is 13.2 Å². The molecule has 0 atom stereocenters. The van der Waals surface area contributed by atoms with Crippen LogP contribution in [0.25, 0.3) is 0 Å². The predicted octanol–water partition coefficient (Wildman–Crippen LogP) is 4.56. The smallest absolute Gasteiger partial charge is 0.323 e. The third-order valence-corrected chi connectivity index (χ3v) is 5.93. The summed E-state index contributed by atoms with van der Waals surface area (Å²) >= 11 is 0. The fourth-order valence-corrected chi connectivity index (χ4v) is 3.97. The largest absolute Gasteiger partial charge is 0.383 e. The Bertz CT molecular complexity index is 932. The summed E-state index contributed by atoms with van der Waals surface area (Å²) in [4.78, 5) is 27.9. The van der Waals surface area contributed by atoms with Crippen molar-refractivity contribution < 1.29 is 14.3 Å². The zero-order valence-electron chi connectivity index (χ0n) is 19.5. The summed E-state index contributed by atoms with van der Waals surface area (Å²) in [5, 5.41) is 8.70. The third-order valence-electron chi connectivity index (χ3n) is 5.93. The van der Waals surface area contributed by atoms with Gasteiger partial charge < -0.3 is 25.6 Å². The van der Waals surface area contributed by atoms with Crippen LogP contribution < -0.4 is 20.9 Å². The van der Waals surface area contributed by atoms with Crippen LogP contribution in [0.15, 0.2) is 36.4 Å². The number of benzene rings is 2. The molecule has 2 aromatic rings. The number of nitrogens with zero attached hydrogens (tertiary/aromatic N) is 1. The molecule has 1 saturated heterocycles. The molecule has 0 aromatic heterocycles. The fourth-order valence-electron chi connectivity index (χ4n) is 3.97. The molecule has 0 bridgehead atoms. The second-order valence-corrected chi connectivity index (χ2v) is 8.50. The van der Waals surface area contributed by atoms with E-state index in [1.165, 1.54) is 0 Å². The molecule has 3 N–H and O–H groups in total. The Hall–Kier alpha value is -3.06. The molecule has 3 rings (SSSR count). The molecule has 1 aliphatic heterocycles. The lowest BCUT2D eigenvalue weighted by Crippen LogP contribution is -2.35. The van der Waals surface area contributed by atoms with Gasteiger partial charge in [0.05, 0.1) is 12.2 Å². The highest BCUT2D eigenvalue weighted by Gasteiger charge is 2.22. The number of piperidine rings is 1. The molecule has 172 valence electrons. The maximum absolute atomic E-state index is 12.9. The maximum Gasteiger partial charge on any atom is 0.323 e. The number of ether oxygens (including phenoxy) is 1. The number of para-hydroxylation sites is 1. The molecule has 3 amide bonds. The Labute approximate surface area is 190 Å². The van der Waals surface area contributed by atoms with Crippen molar-refractivity contribution in [3.8, 4) is 0 Å². The molecule has 0 radical (unpaired) electrons. The Morgan fingerprint density at radius 2 is 1.75 bits per heavy atom. The number of hydrogen-bond donors (Lipinski definition) is 3. The van der Waals surface area contributed by atoms with E-state index in [2.05, 4.69) is 27.8 Å². The van der Waals surface area contributed by atoms with E-state index in [9.17, 15) is 9.59 Å². The van der Waals surface area contributed by atoms with Gasteiger partial charge in [-0.3, -0.25) is 4.79 Å². The highest BCUT2D eigenvalue weighted by Crippen LogP contribution is 2.29. The first kappa shape index (κ1) is 23.6. The molecule has 0 spiro atoms. The SMILES string of the molecule is COCCNC(=O)c1cc(NC(=O)Nc2c(C)cccc2C)ccc1N1CCC(C)CC1. The van der Waals surface area contributed by atoms with Crippen LogP contribution in [0.2, 0.25) is 0 Å². The molecule has 32 heavy (non-hydrogen) atoms. The van der Waals surface area contributed by atoms with Crippen LogP contribution in [0.1, 0.15) is 41.3 Å². The number of anilines is 3. The van der Waals surface area contributed by atoms with Gasteiger partial charge in [0.25, 0.3) is 5.91 Å². The van der Waals surface area contributed by atoms with Gasteiger partial charge in [-0.1, -0.05) is 25.1 Å². The molecule has 1 aliphatic rings. The molecule has 7 nitrogen and oxygen atoms in total. The number of carbonyl (C=O) groups is 2. The molecule has 0 aliphatic carbocycles. The average molecular weight is 439 g/mol. The predicted molar refractivity (Wildman–Crippen MR) is 130 cm³/mol. The van der Waals surface area contributed by atoms with Crippen molar-refractivity contribution in [3.05, 3.63) is 53.1 Å². The van der Waals surface area contributed by atoms with Gasteiger partial charge in [0.1, 0.15) is 0 Å². The van der Waals surface area contributed by atoms with E-state index in [1.807, 2.05) is 44.2 Å². The normalized spacial score (nSPS) is 14.2. The van der Waals surface area contributed by atoms with Crippen LogP contribution in [0.5, 0.6) is 0 Å². The third kappa shape index (κ3) is 6.01. The minimum absolute atomic E-state index is 0.172. The first-order chi connectivity index (χ1) is 15.4. The van der Waals surface area contributed by atoms with Crippen molar-refractivity contribution in [1.29, 1.82) is 0 Å². The van der Waals surface area contributed by atoms with E-state index < -0.39 is 0 Å². The minimum Gasteiger partial charge on any atom is -0.383 e. The lowest BCUT2D eigenvalue weighted by Gasteiger charge is -2.33. The molecule has 1 heterocycles. The number of rotatable bonds is 7. The summed E-state index contributed by atoms with van der Waals surface area (Å²) in [5.74, 6) is 0.522. The van der Waals surface area contributed by atoms with Gasteiger partial charge in [-0.05, 0) is 61.9 Å². The van der Waals surface area contributed by atoms with Crippen LogP contribution in [0.3, 0.4) is 0 Å². The first-order valence-electron chi connectivity index (χ1n) is 11.2. The fraction of sp³-hybridized carbons (Fsp3) is 0.440. The molecule has 1 fully saturated rings. The molecule has 2 aromatic carbocycles. The molecular formula is C25H34N4O3. The van der Waals surface area contributed by atoms with Crippen LogP contribution in [-0.2, 0) is 4.74 Å². The van der Waals surface area contributed by atoms with Crippen LogP contribution >= 0.6 is 0 Å². The number of urea groups is 1. The Morgan fingerprint density at radius 1 is 1.06 bits per heavy atom. The lowest BCUT2D eigenvalue weighted by molar-refractivity contribution is 0.0937. The second kappa shape index (κ2) is 11.0. The lowest BCUT2D eigenvalue weighted by atomic mass is 9.98. The zero-order valence-corrected chi connectivity index (χ0v) is 19.5. The van der Waals surface area contributed by atoms with Crippen LogP contribution in [-0.4, -0.2) is 45.3 Å².